The van der Waals surface area contributed by atoms with Gasteiger partial charge in [0.25, 0.3) is 0 Å². The van der Waals surface area contributed by atoms with Crippen molar-refractivity contribution in [3.63, 3.8) is 0 Å². The maximum absolute atomic E-state index is 0. The smallest absolute Gasteiger partial charge is 0 e. The van der Waals surface area contributed by atoms with Crippen LogP contribution < -0.4 is 0 Å². The molecular weight excluding hydrogens is 286 g/mol. The van der Waals surface area contributed by atoms with E-state index in [2.05, 4.69) is 0 Å². The van der Waals surface area contributed by atoms with E-state index in [4.69, 9.17) is 0 Å². The van der Waals surface area contributed by atoms with Gasteiger partial charge in [0.1, 0.15) is 0 Å². The number of rotatable bonds is 0. The van der Waals surface area contributed by atoms with Crippen molar-refractivity contribution in [2.45, 2.75) is 0 Å². The normalized spacial score (nSPS) is 0. The first-order valence-corrected chi connectivity index (χ1v) is 0. The summed E-state index contributed by atoms with van der Waals surface area (Å²) in [5, 5.41) is 0. The van der Waals surface area contributed by atoms with Gasteiger partial charge < -0.3 is 0 Å². The molecule has 0 saturated carbocycles. The van der Waals surface area contributed by atoms with Gasteiger partial charge in [0.15, 0.2) is 0 Å². The summed E-state index contributed by atoms with van der Waals surface area (Å²) in [6.07, 6.45) is 0. The summed E-state index contributed by atoms with van der Waals surface area (Å²) in [6, 6.07) is 0. The van der Waals surface area contributed by atoms with E-state index < -0.39 is 0 Å². The topological polar surface area (TPSA) is 0 Å². The van der Waals surface area contributed by atoms with E-state index in [0.717, 1.165) is 0 Å². The van der Waals surface area contributed by atoms with Crippen molar-refractivity contribution >= 4 is 121 Å². The fourth-order valence-corrected chi connectivity index (χ4v) is 0. The zero-order valence-electron chi connectivity index (χ0n) is 2.97. The second-order valence-electron chi connectivity index (χ2n) is 0. The maximum Gasteiger partial charge on any atom is 0 e. The van der Waals surface area contributed by atoms with Gasteiger partial charge in [-0.3, -0.25) is 0 Å². The monoisotopic (exact) mass is 286 g/mol. The van der Waals surface area contributed by atoms with Crippen molar-refractivity contribution in [1.82, 2.24) is 0 Å². The van der Waals surface area contributed by atoms with Crippen LogP contribution in [0.3, 0.4) is 0 Å². The molecule has 0 unspecified atom stereocenters. The molecule has 0 bridgehead atoms. The first-order valence-electron chi connectivity index (χ1n) is 0. The molecule has 18 valence electrons. The molecule has 0 aromatic carbocycles. The van der Waals surface area contributed by atoms with Crippen LogP contribution in [0.2, 0.25) is 0 Å². The maximum atomic E-state index is 0. The average Bonchev–Trinajstić information content (AvgIpc) is 0. The molecule has 5 heteroatoms. The van der Waals surface area contributed by atoms with Crippen molar-refractivity contribution in [2.75, 3.05) is 0 Å². The second-order valence-corrected chi connectivity index (χ2v) is 0. The molecule has 0 aromatic heterocycles. The second kappa shape index (κ2) is 23.9. The van der Waals surface area contributed by atoms with Crippen LogP contribution in [0.25, 0.3) is 0 Å². The molecule has 0 fully saturated rings. The molecule has 5 heavy (non-hydrogen) atoms. The molecule has 0 saturated heterocycles. The van der Waals surface area contributed by atoms with Gasteiger partial charge in [0.2, 0.25) is 0 Å². The molecule has 0 atom stereocenters. The minimum Gasteiger partial charge on any atom is 0 e. The van der Waals surface area contributed by atoms with Crippen molar-refractivity contribution in [1.29, 1.82) is 0 Å². The summed E-state index contributed by atoms with van der Waals surface area (Å²) >= 11 is 0. The minimum absolute atomic E-state index is 0. The van der Waals surface area contributed by atoms with Gasteiger partial charge in [0, 0.05) is 138 Å². The van der Waals surface area contributed by atoms with E-state index >= 15 is 0 Å². The third-order valence-corrected chi connectivity index (χ3v) is 0. The van der Waals surface area contributed by atoms with Gasteiger partial charge in [0.05, 0.1) is 0 Å². The molecule has 0 spiro atoms. The van der Waals surface area contributed by atoms with Gasteiger partial charge >= 0.3 is 0 Å². The molecule has 0 aliphatic carbocycles. The van der Waals surface area contributed by atoms with Gasteiger partial charge in [-0.15, -0.1) is 0 Å². The van der Waals surface area contributed by atoms with E-state index in [1.807, 2.05) is 0 Å². The Labute approximate surface area is 134 Å². The number of hydrogen-bond acceptors (Lipinski definition) is 0. The predicted molar refractivity (Wildman–Crippen MR) is 23.0 cm³/mol. The van der Waals surface area contributed by atoms with E-state index in [0.29, 0.717) is 0 Å². The Morgan fingerprint density at radius 2 is 1.00 bits per heavy atom. The van der Waals surface area contributed by atoms with Crippen LogP contribution in [0.5, 0.6) is 0 Å². The summed E-state index contributed by atoms with van der Waals surface area (Å²) in [6.45, 7) is 0. The standard InChI is InChI=1S/Ba.Ca.Fe.Mg.Si. The first-order chi connectivity index (χ1) is 0. The third kappa shape index (κ3) is 17.8. The molecule has 0 N–H and O–H groups in total. The van der Waals surface area contributed by atoms with Crippen LogP contribution in [-0.2, 0) is 17.1 Å². The minimum atomic E-state index is 0. The Bertz CT molecular complexity index is 11.6. The molecule has 0 aliphatic rings. The quantitative estimate of drug-likeness (QED) is 0.474. The summed E-state index contributed by atoms with van der Waals surface area (Å²) in [7, 11) is 0. The number of hydrogen-bond donors (Lipinski definition) is 0. The summed E-state index contributed by atoms with van der Waals surface area (Å²) in [4.78, 5) is 0. The predicted octanol–water partition coefficient (Wildman–Crippen LogP) is -1.53. The molecule has 0 heterocycles. The zero-order chi connectivity index (χ0) is 0. The van der Waals surface area contributed by atoms with Crippen LogP contribution in [-0.4, -0.2) is 121 Å². The third-order valence-electron chi connectivity index (χ3n) is 0. The zero-order valence-corrected chi connectivity index (χ0v) is 13.1. The van der Waals surface area contributed by atoms with Crippen LogP contribution >= 0.6 is 0 Å². The van der Waals surface area contributed by atoms with Crippen LogP contribution in [0.15, 0.2) is 0 Å². The van der Waals surface area contributed by atoms with Gasteiger partial charge in [-0.25, -0.2) is 0 Å². The van der Waals surface area contributed by atoms with Gasteiger partial charge in [-0.1, -0.05) is 0 Å². The average molecular weight is 286 g/mol. The van der Waals surface area contributed by atoms with E-state index in [1.54, 1.807) is 0 Å². The largest absolute Gasteiger partial charge is 0 e. The SMILES string of the molecule is [Ba].[Ca].[Fe].[Mg].[Si]. The van der Waals surface area contributed by atoms with Crippen molar-refractivity contribution < 1.29 is 17.1 Å². The van der Waals surface area contributed by atoms with E-state index in [-0.39, 0.29) is 138 Å². The first kappa shape index (κ1) is 34.5. The summed E-state index contributed by atoms with van der Waals surface area (Å²) < 4.78 is 0. The Kier molecular flexibility index (Phi) is 165. The van der Waals surface area contributed by atoms with Gasteiger partial charge in [-0.2, -0.15) is 0 Å². The van der Waals surface area contributed by atoms with Crippen molar-refractivity contribution in [2.24, 2.45) is 0 Å². The Morgan fingerprint density at radius 3 is 1.00 bits per heavy atom. The van der Waals surface area contributed by atoms with E-state index in [1.165, 1.54) is 0 Å². The Hall–Kier alpha value is 4.33. The molecule has 0 rings (SSSR count). The molecule has 0 aliphatic heterocycles. The van der Waals surface area contributed by atoms with Crippen LogP contribution in [0, 0.1) is 0 Å². The Morgan fingerprint density at radius 1 is 1.00 bits per heavy atom. The molecule has 10 radical (unpaired) electrons. The van der Waals surface area contributed by atoms with E-state index in [9.17, 15) is 0 Å². The molecule has 0 nitrogen and oxygen atoms in total. The fourth-order valence-electron chi connectivity index (χ4n) is 0. The Balaban J connectivity index is 0. The molecular formula is BaCaFeMgSi. The fraction of sp³-hybridized carbons (Fsp3) is 0. The van der Waals surface area contributed by atoms with Crippen LogP contribution in [0.1, 0.15) is 0 Å². The van der Waals surface area contributed by atoms with Gasteiger partial charge in [-0.05, 0) is 0 Å². The van der Waals surface area contributed by atoms with Crippen molar-refractivity contribution in [3.8, 4) is 0 Å². The summed E-state index contributed by atoms with van der Waals surface area (Å²) in [5.74, 6) is 0. The molecule has 0 aromatic rings. The van der Waals surface area contributed by atoms with Crippen molar-refractivity contribution in [3.05, 3.63) is 0 Å². The van der Waals surface area contributed by atoms with Crippen LogP contribution in [0.4, 0.5) is 0 Å². The molecule has 0 amide bonds. The summed E-state index contributed by atoms with van der Waals surface area (Å²) in [5.41, 5.74) is 0.